The molecule has 1 aromatic carbocycles. The Morgan fingerprint density at radius 3 is 2.71 bits per heavy atom. The van der Waals surface area contributed by atoms with Crippen LogP contribution in [0, 0.1) is 5.92 Å². The van der Waals surface area contributed by atoms with E-state index in [0.29, 0.717) is 0 Å². The van der Waals surface area contributed by atoms with Gasteiger partial charge in [-0.15, -0.1) is 11.8 Å². The Labute approximate surface area is 107 Å². The van der Waals surface area contributed by atoms with E-state index in [-0.39, 0.29) is 11.8 Å². The number of hydrogen-bond acceptors (Lipinski definition) is 3. The Morgan fingerprint density at radius 2 is 2.12 bits per heavy atom. The summed E-state index contributed by atoms with van der Waals surface area (Å²) in [6.45, 7) is 4.03. The van der Waals surface area contributed by atoms with Crippen molar-refractivity contribution in [2.24, 2.45) is 11.7 Å². The van der Waals surface area contributed by atoms with Crippen LogP contribution < -0.4 is 11.1 Å². The molecule has 3 N–H and O–H groups in total. The summed E-state index contributed by atoms with van der Waals surface area (Å²) >= 11 is 1.61. The number of nitrogens with two attached hydrogens (primary N) is 1. The highest BCUT2D eigenvalue weighted by atomic mass is 32.2. The highest BCUT2D eigenvalue weighted by Crippen LogP contribution is 2.24. The van der Waals surface area contributed by atoms with Crippen LogP contribution in [0.3, 0.4) is 0 Å². The molecule has 0 spiro atoms. The second-order valence-electron chi connectivity index (χ2n) is 4.10. The van der Waals surface area contributed by atoms with Crippen molar-refractivity contribution in [3.63, 3.8) is 0 Å². The van der Waals surface area contributed by atoms with Crippen LogP contribution in [0.15, 0.2) is 29.2 Å². The van der Waals surface area contributed by atoms with Crippen LogP contribution >= 0.6 is 11.8 Å². The highest BCUT2D eigenvalue weighted by molar-refractivity contribution is 7.98. The van der Waals surface area contributed by atoms with E-state index < -0.39 is 6.04 Å². The van der Waals surface area contributed by atoms with E-state index in [1.807, 2.05) is 44.4 Å². The Bertz CT molecular complexity index is 381. The topological polar surface area (TPSA) is 55.1 Å². The van der Waals surface area contributed by atoms with Crippen LogP contribution in [0.4, 0.5) is 5.69 Å². The van der Waals surface area contributed by atoms with Crippen LogP contribution in [0.1, 0.15) is 20.3 Å². The summed E-state index contributed by atoms with van der Waals surface area (Å²) in [5.41, 5.74) is 6.73. The Kier molecular flexibility index (Phi) is 5.51. The first-order valence-electron chi connectivity index (χ1n) is 5.79. The molecule has 0 saturated heterocycles. The van der Waals surface area contributed by atoms with Crippen LogP contribution in [-0.4, -0.2) is 18.2 Å². The zero-order valence-corrected chi connectivity index (χ0v) is 11.4. The molecule has 0 radical (unpaired) electrons. The third kappa shape index (κ3) is 3.75. The lowest BCUT2D eigenvalue weighted by molar-refractivity contribution is -0.118. The molecule has 2 unspecified atom stereocenters. The lowest BCUT2D eigenvalue weighted by atomic mass is 9.99. The molecule has 0 aromatic heterocycles. The van der Waals surface area contributed by atoms with Gasteiger partial charge < -0.3 is 11.1 Å². The fraction of sp³-hybridized carbons (Fsp3) is 0.462. The van der Waals surface area contributed by atoms with Crippen molar-refractivity contribution in [1.82, 2.24) is 0 Å². The largest absolute Gasteiger partial charge is 0.324 e. The molecular formula is C13H20N2OS. The van der Waals surface area contributed by atoms with Gasteiger partial charge in [-0.25, -0.2) is 0 Å². The molecule has 1 rings (SSSR count). The smallest absolute Gasteiger partial charge is 0.241 e. The van der Waals surface area contributed by atoms with Crippen molar-refractivity contribution < 1.29 is 4.79 Å². The first-order chi connectivity index (χ1) is 8.10. The normalized spacial score (nSPS) is 14.1. The summed E-state index contributed by atoms with van der Waals surface area (Å²) in [5, 5.41) is 2.89. The van der Waals surface area contributed by atoms with Crippen molar-refractivity contribution in [2.45, 2.75) is 31.2 Å². The molecule has 17 heavy (non-hydrogen) atoms. The average molecular weight is 252 g/mol. The van der Waals surface area contributed by atoms with E-state index in [2.05, 4.69) is 5.32 Å². The highest BCUT2D eigenvalue weighted by Gasteiger charge is 2.19. The van der Waals surface area contributed by atoms with Crippen molar-refractivity contribution in [3.8, 4) is 0 Å². The maximum atomic E-state index is 11.9. The molecule has 0 fully saturated rings. The van der Waals surface area contributed by atoms with Crippen LogP contribution in [0.25, 0.3) is 0 Å². The monoisotopic (exact) mass is 252 g/mol. The number of nitrogens with one attached hydrogen (secondary N) is 1. The molecule has 0 saturated carbocycles. The molecule has 0 bridgehead atoms. The van der Waals surface area contributed by atoms with E-state index in [1.165, 1.54) is 0 Å². The number of carbonyl (C=O) groups excluding carboxylic acids is 1. The van der Waals surface area contributed by atoms with E-state index in [4.69, 9.17) is 5.73 Å². The second-order valence-corrected chi connectivity index (χ2v) is 4.95. The van der Waals surface area contributed by atoms with Gasteiger partial charge in [0.2, 0.25) is 5.91 Å². The Hall–Kier alpha value is -1.00. The van der Waals surface area contributed by atoms with Crippen LogP contribution in [0.5, 0.6) is 0 Å². The second kappa shape index (κ2) is 6.67. The van der Waals surface area contributed by atoms with E-state index in [9.17, 15) is 4.79 Å². The number of rotatable bonds is 5. The van der Waals surface area contributed by atoms with Gasteiger partial charge in [-0.1, -0.05) is 32.4 Å². The minimum Gasteiger partial charge on any atom is -0.324 e. The minimum atomic E-state index is -0.449. The average Bonchev–Trinajstić information content (AvgIpc) is 2.37. The minimum absolute atomic E-state index is 0.110. The predicted octanol–water partition coefficient (Wildman–Crippen LogP) is 2.72. The van der Waals surface area contributed by atoms with Gasteiger partial charge in [-0.2, -0.15) is 0 Å². The number of hydrogen-bond donors (Lipinski definition) is 2. The maximum absolute atomic E-state index is 11.9. The summed E-state index contributed by atoms with van der Waals surface area (Å²) in [5.74, 6) is 0.0808. The Morgan fingerprint density at radius 1 is 1.47 bits per heavy atom. The summed E-state index contributed by atoms with van der Waals surface area (Å²) in [6, 6.07) is 7.29. The van der Waals surface area contributed by atoms with Crippen LogP contribution in [-0.2, 0) is 4.79 Å². The molecule has 94 valence electrons. The quantitative estimate of drug-likeness (QED) is 0.792. The third-order valence-corrected chi connectivity index (χ3v) is 3.72. The fourth-order valence-corrected chi connectivity index (χ4v) is 2.03. The summed E-state index contributed by atoms with van der Waals surface area (Å²) in [6.07, 6.45) is 2.89. The van der Waals surface area contributed by atoms with Gasteiger partial charge >= 0.3 is 0 Å². The van der Waals surface area contributed by atoms with Gasteiger partial charge in [-0.05, 0) is 24.3 Å². The lowest BCUT2D eigenvalue weighted by Gasteiger charge is -2.18. The molecule has 1 amide bonds. The number of anilines is 1. The summed E-state index contributed by atoms with van der Waals surface area (Å²) in [7, 11) is 0. The zero-order valence-electron chi connectivity index (χ0n) is 10.6. The molecule has 0 heterocycles. The first-order valence-corrected chi connectivity index (χ1v) is 7.02. The Balaban J connectivity index is 2.74. The third-order valence-electron chi connectivity index (χ3n) is 2.92. The predicted molar refractivity (Wildman–Crippen MR) is 74.3 cm³/mol. The number of carbonyl (C=O) groups is 1. The summed E-state index contributed by atoms with van der Waals surface area (Å²) < 4.78 is 0. The number of thioether (sulfide) groups is 1. The van der Waals surface area contributed by atoms with E-state index in [1.54, 1.807) is 11.8 Å². The number of para-hydroxylation sites is 1. The van der Waals surface area contributed by atoms with Crippen molar-refractivity contribution >= 4 is 23.4 Å². The van der Waals surface area contributed by atoms with Crippen molar-refractivity contribution in [1.29, 1.82) is 0 Å². The van der Waals surface area contributed by atoms with E-state index >= 15 is 0 Å². The maximum Gasteiger partial charge on any atom is 0.241 e. The summed E-state index contributed by atoms with van der Waals surface area (Å²) in [4.78, 5) is 13.0. The number of benzene rings is 1. The zero-order chi connectivity index (χ0) is 12.8. The van der Waals surface area contributed by atoms with Gasteiger partial charge in [0.15, 0.2) is 0 Å². The molecule has 0 aliphatic carbocycles. The van der Waals surface area contributed by atoms with Gasteiger partial charge in [0.05, 0.1) is 11.7 Å². The number of amides is 1. The van der Waals surface area contributed by atoms with Crippen LogP contribution in [0.2, 0.25) is 0 Å². The molecule has 4 heteroatoms. The molecule has 0 aliphatic rings. The van der Waals surface area contributed by atoms with Gasteiger partial charge in [0.25, 0.3) is 0 Å². The molecule has 2 atom stereocenters. The van der Waals surface area contributed by atoms with Gasteiger partial charge in [0, 0.05) is 4.90 Å². The molecule has 0 aliphatic heterocycles. The molecule has 1 aromatic rings. The van der Waals surface area contributed by atoms with Crippen molar-refractivity contribution in [2.75, 3.05) is 11.6 Å². The SMILES string of the molecule is CCC(C)C(N)C(=O)Nc1ccccc1SC. The van der Waals surface area contributed by atoms with Gasteiger partial charge in [0.1, 0.15) is 0 Å². The molecular weight excluding hydrogens is 232 g/mol. The van der Waals surface area contributed by atoms with E-state index in [0.717, 1.165) is 17.0 Å². The van der Waals surface area contributed by atoms with Gasteiger partial charge in [-0.3, -0.25) is 4.79 Å². The lowest BCUT2D eigenvalue weighted by Crippen LogP contribution is -2.40. The molecule has 3 nitrogen and oxygen atoms in total. The fourth-order valence-electron chi connectivity index (χ4n) is 1.48. The standard InChI is InChI=1S/C13H20N2OS/c1-4-9(2)12(14)13(16)15-10-7-5-6-8-11(10)17-3/h5-9,12H,4,14H2,1-3H3,(H,15,16). The first kappa shape index (κ1) is 14.1. The van der Waals surface area contributed by atoms with Crippen molar-refractivity contribution in [3.05, 3.63) is 24.3 Å².